The molecule has 0 bridgehead atoms. The van der Waals surface area contributed by atoms with Crippen molar-refractivity contribution < 1.29 is 22.8 Å². The summed E-state index contributed by atoms with van der Waals surface area (Å²) in [5.41, 5.74) is 3.41. The summed E-state index contributed by atoms with van der Waals surface area (Å²) in [6.45, 7) is 1.28. The van der Waals surface area contributed by atoms with Gasteiger partial charge in [-0.15, -0.1) is 0 Å². The lowest BCUT2D eigenvalue weighted by molar-refractivity contribution is -0.141. The van der Waals surface area contributed by atoms with Gasteiger partial charge in [0.2, 0.25) is 0 Å². The molecule has 0 aliphatic rings. The molecule has 120 valence electrons. The van der Waals surface area contributed by atoms with Crippen LogP contribution >= 0.6 is 0 Å². The van der Waals surface area contributed by atoms with Crippen molar-refractivity contribution in [2.75, 3.05) is 0 Å². The van der Waals surface area contributed by atoms with Crippen molar-refractivity contribution >= 4 is 11.8 Å². The monoisotopic (exact) mass is 323 g/mol. The fourth-order valence-corrected chi connectivity index (χ4v) is 1.80. The van der Waals surface area contributed by atoms with Crippen LogP contribution < -0.4 is 10.9 Å². The molecule has 1 aromatic carbocycles. The van der Waals surface area contributed by atoms with Crippen LogP contribution in [0.4, 0.5) is 13.2 Å². The molecule has 0 radical (unpaired) electrons. The molecular formula is C15H12F3N3O2. The molecule has 23 heavy (non-hydrogen) atoms. The van der Waals surface area contributed by atoms with Gasteiger partial charge in [0.15, 0.2) is 0 Å². The Morgan fingerprint density at radius 3 is 2.13 bits per heavy atom. The average molecular weight is 323 g/mol. The van der Waals surface area contributed by atoms with Gasteiger partial charge in [0, 0.05) is 5.56 Å². The van der Waals surface area contributed by atoms with Crippen molar-refractivity contribution in [3.05, 3.63) is 65.0 Å². The highest BCUT2D eigenvalue weighted by Crippen LogP contribution is 2.28. The van der Waals surface area contributed by atoms with Gasteiger partial charge in [-0.1, -0.05) is 18.2 Å². The normalized spacial score (nSPS) is 11.0. The third-order valence-electron chi connectivity index (χ3n) is 2.95. The maximum absolute atomic E-state index is 12.5. The number of alkyl halides is 3. The molecule has 0 fully saturated rings. The molecule has 1 aromatic heterocycles. The standard InChI is InChI=1S/C15H12F3N3O2/c1-9-11(7-8-12(19-9)15(16,17)18)14(23)21-20-13(22)10-5-3-2-4-6-10/h2-8H,1H3,(H,20,22)(H,21,23). The van der Waals surface area contributed by atoms with E-state index in [1.807, 2.05) is 0 Å². The van der Waals surface area contributed by atoms with E-state index in [1.54, 1.807) is 30.3 Å². The lowest BCUT2D eigenvalue weighted by atomic mass is 10.1. The van der Waals surface area contributed by atoms with Crippen molar-refractivity contribution in [1.29, 1.82) is 0 Å². The maximum Gasteiger partial charge on any atom is 0.433 e. The molecule has 0 saturated heterocycles. The van der Waals surface area contributed by atoms with Gasteiger partial charge in [-0.05, 0) is 31.2 Å². The van der Waals surface area contributed by atoms with Crippen LogP contribution in [0.2, 0.25) is 0 Å². The van der Waals surface area contributed by atoms with Crippen LogP contribution in [0.5, 0.6) is 0 Å². The van der Waals surface area contributed by atoms with E-state index in [0.717, 1.165) is 6.07 Å². The highest BCUT2D eigenvalue weighted by Gasteiger charge is 2.33. The SMILES string of the molecule is Cc1nc(C(F)(F)F)ccc1C(=O)NNC(=O)c1ccccc1. The van der Waals surface area contributed by atoms with E-state index in [0.29, 0.717) is 11.6 Å². The molecule has 8 heteroatoms. The van der Waals surface area contributed by atoms with Gasteiger partial charge < -0.3 is 0 Å². The molecule has 2 amide bonds. The fraction of sp³-hybridized carbons (Fsp3) is 0.133. The lowest BCUT2D eigenvalue weighted by Crippen LogP contribution is -2.42. The summed E-state index contributed by atoms with van der Waals surface area (Å²) in [6.07, 6.45) is -4.58. The third kappa shape index (κ3) is 4.06. The maximum atomic E-state index is 12.5. The molecule has 0 aliphatic carbocycles. The number of carbonyl (C=O) groups is 2. The summed E-state index contributed by atoms with van der Waals surface area (Å²) < 4.78 is 37.6. The van der Waals surface area contributed by atoms with Crippen LogP contribution in [0, 0.1) is 6.92 Å². The quantitative estimate of drug-likeness (QED) is 0.834. The van der Waals surface area contributed by atoms with Crippen LogP contribution in [0.25, 0.3) is 0 Å². The number of rotatable bonds is 2. The molecular weight excluding hydrogens is 311 g/mol. The summed E-state index contributed by atoms with van der Waals surface area (Å²) in [6, 6.07) is 9.85. The van der Waals surface area contributed by atoms with Gasteiger partial charge in [0.05, 0.1) is 11.3 Å². The number of halogens is 3. The van der Waals surface area contributed by atoms with Gasteiger partial charge in [0.1, 0.15) is 5.69 Å². The van der Waals surface area contributed by atoms with Crippen LogP contribution in [0.15, 0.2) is 42.5 Å². The Morgan fingerprint density at radius 2 is 1.57 bits per heavy atom. The summed E-state index contributed by atoms with van der Waals surface area (Å²) in [5.74, 6) is -1.30. The Bertz CT molecular complexity index is 730. The Hall–Kier alpha value is -2.90. The van der Waals surface area contributed by atoms with Crippen molar-refractivity contribution in [3.63, 3.8) is 0 Å². The number of aryl methyl sites for hydroxylation is 1. The number of carbonyl (C=O) groups excluding carboxylic acids is 2. The zero-order valence-electron chi connectivity index (χ0n) is 11.9. The smallest absolute Gasteiger partial charge is 0.267 e. The van der Waals surface area contributed by atoms with E-state index >= 15 is 0 Å². The van der Waals surface area contributed by atoms with Crippen molar-refractivity contribution in [3.8, 4) is 0 Å². The minimum Gasteiger partial charge on any atom is -0.267 e. The first-order chi connectivity index (χ1) is 10.8. The number of aromatic nitrogens is 1. The number of hydrazine groups is 1. The number of amides is 2. The van der Waals surface area contributed by atoms with Crippen LogP contribution in [0.1, 0.15) is 32.1 Å². The molecule has 0 spiro atoms. The van der Waals surface area contributed by atoms with Gasteiger partial charge in [-0.25, -0.2) is 4.98 Å². The first-order valence-electron chi connectivity index (χ1n) is 6.49. The van der Waals surface area contributed by atoms with E-state index < -0.39 is 23.7 Å². The molecule has 2 N–H and O–H groups in total. The summed E-state index contributed by atoms with van der Waals surface area (Å²) in [7, 11) is 0. The van der Waals surface area contributed by atoms with Crippen molar-refractivity contribution in [1.82, 2.24) is 15.8 Å². The fourth-order valence-electron chi connectivity index (χ4n) is 1.80. The number of hydrogen-bond acceptors (Lipinski definition) is 3. The number of nitrogens with one attached hydrogen (secondary N) is 2. The minimum absolute atomic E-state index is 0.0636. The molecule has 0 atom stereocenters. The number of nitrogens with zero attached hydrogens (tertiary/aromatic N) is 1. The van der Waals surface area contributed by atoms with E-state index in [2.05, 4.69) is 15.8 Å². The zero-order valence-corrected chi connectivity index (χ0v) is 11.9. The molecule has 2 rings (SSSR count). The third-order valence-corrected chi connectivity index (χ3v) is 2.95. The molecule has 2 aromatic rings. The highest BCUT2D eigenvalue weighted by molar-refractivity contribution is 5.99. The van der Waals surface area contributed by atoms with E-state index in [-0.39, 0.29) is 11.3 Å². The predicted octanol–water partition coefficient (Wildman–Crippen LogP) is 2.48. The molecule has 0 saturated carbocycles. The minimum atomic E-state index is -4.58. The van der Waals surface area contributed by atoms with Crippen LogP contribution in [-0.4, -0.2) is 16.8 Å². The zero-order chi connectivity index (χ0) is 17.0. The summed E-state index contributed by atoms with van der Waals surface area (Å²) in [5, 5.41) is 0. The van der Waals surface area contributed by atoms with Crippen molar-refractivity contribution in [2.45, 2.75) is 13.1 Å². The highest BCUT2D eigenvalue weighted by atomic mass is 19.4. The molecule has 1 heterocycles. The summed E-state index contributed by atoms with van der Waals surface area (Å²) in [4.78, 5) is 27.0. The Morgan fingerprint density at radius 1 is 0.957 bits per heavy atom. The largest absolute Gasteiger partial charge is 0.433 e. The van der Waals surface area contributed by atoms with Crippen LogP contribution in [-0.2, 0) is 6.18 Å². The lowest BCUT2D eigenvalue weighted by Gasteiger charge is -2.11. The molecule has 0 aliphatic heterocycles. The predicted molar refractivity (Wildman–Crippen MR) is 75.4 cm³/mol. The van der Waals surface area contributed by atoms with Crippen molar-refractivity contribution in [2.24, 2.45) is 0 Å². The Balaban J connectivity index is 2.05. The Kier molecular flexibility index (Phi) is 4.63. The van der Waals surface area contributed by atoms with E-state index in [4.69, 9.17) is 0 Å². The number of hydrogen-bond donors (Lipinski definition) is 2. The van der Waals surface area contributed by atoms with E-state index in [1.165, 1.54) is 6.92 Å². The van der Waals surface area contributed by atoms with Gasteiger partial charge >= 0.3 is 6.18 Å². The van der Waals surface area contributed by atoms with Crippen LogP contribution in [0.3, 0.4) is 0 Å². The van der Waals surface area contributed by atoms with Gasteiger partial charge in [0.25, 0.3) is 11.8 Å². The first-order valence-corrected chi connectivity index (χ1v) is 6.49. The molecule has 0 unspecified atom stereocenters. The first kappa shape index (κ1) is 16.5. The van der Waals surface area contributed by atoms with E-state index in [9.17, 15) is 22.8 Å². The second-order valence-corrected chi connectivity index (χ2v) is 4.60. The second-order valence-electron chi connectivity index (χ2n) is 4.60. The second kappa shape index (κ2) is 6.47. The average Bonchev–Trinajstić information content (AvgIpc) is 2.52. The van der Waals surface area contributed by atoms with Gasteiger partial charge in [-0.2, -0.15) is 13.2 Å². The van der Waals surface area contributed by atoms with Gasteiger partial charge in [-0.3, -0.25) is 20.4 Å². The topological polar surface area (TPSA) is 71.1 Å². The summed E-state index contributed by atoms with van der Waals surface area (Å²) >= 11 is 0. The number of pyridine rings is 1. The molecule has 5 nitrogen and oxygen atoms in total. The number of benzene rings is 1. The Labute approximate surface area is 129 Å².